The van der Waals surface area contributed by atoms with Crippen molar-refractivity contribution in [2.75, 3.05) is 5.32 Å². The highest BCUT2D eigenvalue weighted by molar-refractivity contribution is 14.1. The second-order valence-corrected chi connectivity index (χ2v) is 6.56. The lowest BCUT2D eigenvalue weighted by molar-refractivity contribution is 0.0997. The number of rotatable bonds is 3. The van der Waals surface area contributed by atoms with Gasteiger partial charge in [-0.15, -0.1) is 0 Å². The summed E-state index contributed by atoms with van der Waals surface area (Å²) in [6.45, 7) is 4.13. The van der Waals surface area contributed by atoms with Crippen LogP contribution in [-0.4, -0.2) is 5.91 Å². The van der Waals surface area contributed by atoms with Crippen LogP contribution in [0.5, 0.6) is 0 Å². The molecule has 1 N–H and O–H groups in total. The van der Waals surface area contributed by atoms with Gasteiger partial charge in [-0.2, -0.15) is 0 Å². The fourth-order valence-electron chi connectivity index (χ4n) is 2.26. The van der Waals surface area contributed by atoms with Crippen LogP contribution in [0.3, 0.4) is 0 Å². The summed E-state index contributed by atoms with van der Waals surface area (Å²) in [5.41, 5.74) is 4.18. The molecule has 0 radical (unpaired) electrons. The summed E-state index contributed by atoms with van der Waals surface area (Å²) in [5.74, 6) is 0.753. The number of nitrogens with one attached hydrogen (secondary N) is 1. The normalized spacial score (nSPS) is 10.6. The van der Waals surface area contributed by atoms with Gasteiger partial charge in [-0.3, -0.25) is 4.79 Å². The molecule has 0 bridgehead atoms. The Morgan fingerprint density at radius 1 is 1.00 bits per heavy atom. The maximum atomic E-state index is 12.3. The Balaban J connectivity index is 1.82. The van der Waals surface area contributed by atoms with Gasteiger partial charge in [0.25, 0.3) is 5.91 Å². The van der Waals surface area contributed by atoms with Crippen LogP contribution in [-0.2, 0) is 0 Å². The summed E-state index contributed by atoms with van der Waals surface area (Å²) in [6.07, 6.45) is 0. The van der Waals surface area contributed by atoms with Gasteiger partial charge in [0.05, 0.1) is 5.69 Å². The predicted molar refractivity (Wildman–Crippen MR) is 101 cm³/mol. The quantitative estimate of drug-likeness (QED) is 0.579. The zero-order valence-electron chi connectivity index (χ0n) is 12.9. The Morgan fingerprint density at radius 3 is 2.52 bits per heavy atom. The van der Waals surface area contributed by atoms with E-state index in [1.165, 1.54) is 11.1 Å². The first kappa shape index (κ1) is 15.8. The number of benzene rings is 2. The molecule has 1 aromatic heterocycles. The fourth-order valence-corrected chi connectivity index (χ4v) is 2.78. The van der Waals surface area contributed by atoms with Crippen molar-refractivity contribution in [2.45, 2.75) is 13.8 Å². The number of hydrogen-bond donors (Lipinski definition) is 1. The minimum atomic E-state index is -0.246. The number of anilines is 1. The molecule has 0 saturated heterocycles. The molecular formula is C19H16INO2. The van der Waals surface area contributed by atoms with Gasteiger partial charge in [0.2, 0.25) is 0 Å². The molecule has 0 aliphatic carbocycles. The number of para-hydroxylation sites is 1. The molecule has 1 amide bonds. The van der Waals surface area contributed by atoms with Crippen LogP contribution in [0.25, 0.3) is 11.3 Å². The molecule has 3 aromatic rings. The second kappa shape index (κ2) is 6.58. The number of halogens is 1. The monoisotopic (exact) mass is 417 g/mol. The highest BCUT2D eigenvalue weighted by atomic mass is 127. The number of hydrogen-bond acceptors (Lipinski definition) is 2. The van der Waals surface area contributed by atoms with Crippen molar-refractivity contribution in [3.05, 3.63) is 75.1 Å². The predicted octanol–water partition coefficient (Wildman–Crippen LogP) is 5.42. The van der Waals surface area contributed by atoms with Crippen LogP contribution >= 0.6 is 22.6 Å². The molecule has 0 unspecified atom stereocenters. The average molecular weight is 417 g/mol. The van der Waals surface area contributed by atoms with Gasteiger partial charge in [-0.25, -0.2) is 0 Å². The second-order valence-electron chi connectivity index (χ2n) is 5.40. The lowest BCUT2D eigenvalue weighted by Crippen LogP contribution is -2.11. The fraction of sp³-hybridized carbons (Fsp3) is 0.105. The Kier molecular flexibility index (Phi) is 4.52. The summed E-state index contributed by atoms with van der Waals surface area (Å²) in [5, 5.41) is 2.87. The number of aryl methyl sites for hydroxylation is 2. The third kappa shape index (κ3) is 3.47. The minimum absolute atomic E-state index is 0.246. The van der Waals surface area contributed by atoms with E-state index < -0.39 is 0 Å². The van der Waals surface area contributed by atoms with Gasteiger partial charge in [-0.1, -0.05) is 24.3 Å². The van der Waals surface area contributed by atoms with Crippen molar-refractivity contribution in [1.29, 1.82) is 0 Å². The van der Waals surface area contributed by atoms with E-state index in [9.17, 15) is 4.79 Å². The molecule has 3 nitrogen and oxygen atoms in total. The van der Waals surface area contributed by atoms with Crippen molar-refractivity contribution in [2.24, 2.45) is 0 Å². The summed E-state index contributed by atoms with van der Waals surface area (Å²) >= 11 is 2.19. The topological polar surface area (TPSA) is 42.2 Å². The van der Waals surface area contributed by atoms with E-state index in [1.54, 1.807) is 6.07 Å². The zero-order chi connectivity index (χ0) is 16.4. The largest absolute Gasteiger partial charge is 0.451 e. The molecule has 4 heteroatoms. The first-order valence-corrected chi connectivity index (χ1v) is 8.36. The number of furan rings is 1. The Hall–Kier alpha value is -2.08. The van der Waals surface area contributed by atoms with Crippen molar-refractivity contribution < 1.29 is 9.21 Å². The highest BCUT2D eigenvalue weighted by Gasteiger charge is 2.13. The summed E-state index contributed by atoms with van der Waals surface area (Å²) < 4.78 is 6.71. The molecular weight excluding hydrogens is 401 g/mol. The van der Waals surface area contributed by atoms with E-state index in [4.69, 9.17) is 4.42 Å². The van der Waals surface area contributed by atoms with E-state index in [1.807, 2.05) is 36.4 Å². The molecule has 0 saturated carbocycles. The van der Waals surface area contributed by atoms with Gasteiger partial charge >= 0.3 is 0 Å². The van der Waals surface area contributed by atoms with Crippen molar-refractivity contribution in [1.82, 2.24) is 0 Å². The molecule has 1 heterocycles. The van der Waals surface area contributed by atoms with Crippen LogP contribution in [0.15, 0.2) is 59.0 Å². The number of carbonyl (C=O) groups is 1. The van der Waals surface area contributed by atoms with Crippen LogP contribution in [0, 0.1) is 17.4 Å². The minimum Gasteiger partial charge on any atom is -0.451 e. The van der Waals surface area contributed by atoms with Crippen LogP contribution in [0.4, 0.5) is 5.69 Å². The molecule has 0 fully saturated rings. The summed E-state index contributed by atoms with van der Waals surface area (Å²) in [4.78, 5) is 12.3. The van der Waals surface area contributed by atoms with Gasteiger partial charge in [-0.05, 0) is 77.9 Å². The zero-order valence-corrected chi connectivity index (χ0v) is 15.0. The van der Waals surface area contributed by atoms with E-state index in [2.05, 4.69) is 53.9 Å². The molecule has 0 spiro atoms. The van der Waals surface area contributed by atoms with E-state index in [0.717, 1.165) is 14.8 Å². The maximum Gasteiger partial charge on any atom is 0.291 e. The molecule has 116 valence electrons. The molecule has 2 aromatic carbocycles. The summed E-state index contributed by atoms with van der Waals surface area (Å²) in [7, 11) is 0. The Bertz CT molecular complexity index is 867. The molecule has 23 heavy (non-hydrogen) atoms. The standard InChI is InChI=1S/C19H16INO2/c1-12-7-8-14(11-13(12)2)17-9-10-18(23-17)19(22)21-16-6-4-3-5-15(16)20/h3-11H,1-2H3,(H,21,22). The molecule has 3 rings (SSSR count). The van der Waals surface area contributed by atoms with E-state index >= 15 is 0 Å². The lowest BCUT2D eigenvalue weighted by Gasteiger charge is -2.05. The number of carbonyl (C=O) groups excluding carboxylic acids is 1. The first-order chi connectivity index (χ1) is 11.0. The van der Waals surface area contributed by atoms with Crippen LogP contribution in [0.2, 0.25) is 0 Å². The highest BCUT2D eigenvalue weighted by Crippen LogP contribution is 2.25. The Morgan fingerprint density at radius 2 is 1.78 bits per heavy atom. The van der Waals surface area contributed by atoms with Gasteiger partial charge in [0.1, 0.15) is 5.76 Å². The van der Waals surface area contributed by atoms with Crippen LogP contribution in [0.1, 0.15) is 21.7 Å². The van der Waals surface area contributed by atoms with Gasteiger partial charge in [0.15, 0.2) is 5.76 Å². The first-order valence-electron chi connectivity index (χ1n) is 7.28. The third-order valence-electron chi connectivity index (χ3n) is 3.74. The van der Waals surface area contributed by atoms with Crippen molar-refractivity contribution in [3.63, 3.8) is 0 Å². The van der Waals surface area contributed by atoms with Gasteiger partial charge in [0, 0.05) is 9.13 Å². The number of amides is 1. The molecule has 0 aliphatic heterocycles. The summed E-state index contributed by atoms with van der Waals surface area (Å²) in [6, 6.07) is 17.3. The Labute approximate surface area is 148 Å². The van der Waals surface area contributed by atoms with E-state index in [0.29, 0.717) is 11.5 Å². The lowest BCUT2D eigenvalue weighted by atomic mass is 10.1. The van der Waals surface area contributed by atoms with Crippen LogP contribution < -0.4 is 5.32 Å². The SMILES string of the molecule is Cc1ccc(-c2ccc(C(=O)Nc3ccccc3I)o2)cc1C. The van der Waals surface area contributed by atoms with Crippen molar-refractivity contribution in [3.8, 4) is 11.3 Å². The van der Waals surface area contributed by atoms with E-state index in [-0.39, 0.29) is 5.91 Å². The van der Waals surface area contributed by atoms with Gasteiger partial charge < -0.3 is 9.73 Å². The third-order valence-corrected chi connectivity index (χ3v) is 4.68. The maximum absolute atomic E-state index is 12.3. The smallest absolute Gasteiger partial charge is 0.291 e. The molecule has 0 aliphatic rings. The molecule has 0 atom stereocenters. The van der Waals surface area contributed by atoms with Crippen molar-refractivity contribution >= 4 is 34.2 Å². The average Bonchev–Trinajstić information content (AvgIpc) is 3.02.